The van der Waals surface area contributed by atoms with Crippen molar-refractivity contribution in [2.24, 2.45) is 0 Å². The molecule has 2 rings (SSSR count). The van der Waals surface area contributed by atoms with Crippen LogP contribution in [0.25, 0.3) is 10.8 Å². The van der Waals surface area contributed by atoms with Crippen LogP contribution in [0, 0.1) is 6.92 Å². The van der Waals surface area contributed by atoms with Gasteiger partial charge in [0, 0.05) is 12.5 Å². The molecule has 0 radical (unpaired) electrons. The number of hydrogen-bond acceptors (Lipinski definition) is 3. The van der Waals surface area contributed by atoms with E-state index in [9.17, 15) is 4.79 Å². The van der Waals surface area contributed by atoms with Gasteiger partial charge in [-0.2, -0.15) is 0 Å². The molecule has 3 nitrogen and oxygen atoms in total. The van der Waals surface area contributed by atoms with E-state index in [1.54, 1.807) is 7.11 Å². The van der Waals surface area contributed by atoms with Gasteiger partial charge < -0.3 is 9.47 Å². The first-order chi connectivity index (χ1) is 9.72. The van der Waals surface area contributed by atoms with Crippen LogP contribution in [-0.2, 0) is 11.2 Å². The van der Waals surface area contributed by atoms with E-state index >= 15 is 0 Å². The van der Waals surface area contributed by atoms with Crippen molar-refractivity contribution in [1.82, 2.24) is 0 Å². The van der Waals surface area contributed by atoms with Crippen LogP contribution in [0.2, 0.25) is 0 Å². The highest BCUT2D eigenvalue weighted by Crippen LogP contribution is 2.35. The Morgan fingerprint density at radius 3 is 2.75 bits per heavy atom. The summed E-state index contributed by atoms with van der Waals surface area (Å²) in [6.45, 7) is 4.30. The Balaban J connectivity index is 2.75. The van der Waals surface area contributed by atoms with Crippen LogP contribution in [0.5, 0.6) is 5.75 Å². The molecule has 0 unspecified atom stereocenters. The van der Waals surface area contributed by atoms with Crippen molar-refractivity contribution in [3.63, 3.8) is 0 Å². The average molecular weight is 272 g/mol. The first-order valence-corrected chi connectivity index (χ1v) is 6.85. The van der Waals surface area contributed by atoms with E-state index in [2.05, 4.69) is 25.1 Å². The van der Waals surface area contributed by atoms with Crippen molar-refractivity contribution >= 4 is 17.1 Å². The first kappa shape index (κ1) is 14.5. The number of ether oxygens (including phenoxy) is 2. The first-order valence-electron chi connectivity index (χ1n) is 6.85. The molecule has 0 aliphatic heterocycles. The average Bonchev–Trinajstić information content (AvgIpc) is 2.47. The zero-order valence-corrected chi connectivity index (χ0v) is 12.2. The highest BCUT2D eigenvalue weighted by atomic mass is 16.7. The number of carbonyl (C=O) groups is 1. The van der Waals surface area contributed by atoms with E-state index in [-0.39, 0.29) is 6.79 Å². The molecule has 0 spiro atoms. The Morgan fingerprint density at radius 1 is 1.30 bits per heavy atom. The molecule has 2 aromatic rings. The third kappa shape index (κ3) is 2.68. The predicted molar refractivity (Wildman–Crippen MR) is 80.6 cm³/mol. The van der Waals surface area contributed by atoms with Crippen LogP contribution in [0.4, 0.5) is 0 Å². The lowest BCUT2D eigenvalue weighted by atomic mass is 9.95. The van der Waals surface area contributed by atoms with Crippen molar-refractivity contribution in [3.05, 3.63) is 41.0 Å². The van der Waals surface area contributed by atoms with Gasteiger partial charge >= 0.3 is 0 Å². The highest BCUT2D eigenvalue weighted by molar-refractivity contribution is 6.00. The maximum Gasteiger partial charge on any atom is 0.188 e. The molecule has 0 N–H and O–H groups in total. The van der Waals surface area contributed by atoms with Gasteiger partial charge in [0.2, 0.25) is 0 Å². The zero-order valence-electron chi connectivity index (χ0n) is 12.2. The lowest BCUT2D eigenvalue weighted by Crippen LogP contribution is -2.04. The summed E-state index contributed by atoms with van der Waals surface area (Å²) in [5.74, 6) is 0.631. The second kappa shape index (κ2) is 6.53. The number of aryl methyl sites for hydroxylation is 2. The number of carbonyl (C=O) groups excluding carboxylic acids is 1. The zero-order chi connectivity index (χ0) is 14.5. The molecule has 0 fully saturated rings. The van der Waals surface area contributed by atoms with Crippen molar-refractivity contribution in [1.29, 1.82) is 0 Å². The molecule has 0 bridgehead atoms. The van der Waals surface area contributed by atoms with E-state index in [1.165, 1.54) is 5.56 Å². The Bertz CT molecular complexity index is 617. The fourth-order valence-corrected chi connectivity index (χ4v) is 2.56. The summed E-state index contributed by atoms with van der Waals surface area (Å²) < 4.78 is 10.7. The quantitative estimate of drug-likeness (QED) is 0.591. The fraction of sp³-hybridized carbons (Fsp3) is 0.353. The van der Waals surface area contributed by atoms with Crippen molar-refractivity contribution in [2.75, 3.05) is 13.9 Å². The lowest BCUT2D eigenvalue weighted by Gasteiger charge is -2.16. The maximum absolute atomic E-state index is 11.3. The van der Waals surface area contributed by atoms with Crippen molar-refractivity contribution in [3.8, 4) is 5.75 Å². The van der Waals surface area contributed by atoms with Gasteiger partial charge in [-0.05, 0) is 35.9 Å². The second-order valence-corrected chi connectivity index (χ2v) is 4.87. The summed E-state index contributed by atoms with van der Waals surface area (Å²) in [7, 11) is 1.57. The molecule has 106 valence electrons. The number of methoxy groups -OCH3 is 1. The number of fused-ring (bicyclic) bond motifs is 1. The number of hydrogen-bond donors (Lipinski definition) is 0. The molecule has 0 saturated carbocycles. The summed E-state index contributed by atoms with van der Waals surface area (Å²) in [6.07, 6.45) is 2.86. The van der Waals surface area contributed by atoms with Gasteiger partial charge in [-0.1, -0.05) is 31.5 Å². The number of benzene rings is 2. The molecule has 20 heavy (non-hydrogen) atoms. The van der Waals surface area contributed by atoms with Gasteiger partial charge in [0.25, 0.3) is 0 Å². The Kier molecular flexibility index (Phi) is 4.74. The Morgan fingerprint density at radius 2 is 2.10 bits per heavy atom. The summed E-state index contributed by atoms with van der Waals surface area (Å²) >= 11 is 0. The lowest BCUT2D eigenvalue weighted by molar-refractivity contribution is 0.0516. The van der Waals surface area contributed by atoms with Gasteiger partial charge in [-0.25, -0.2) is 0 Å². The fourth-order valence-electron chi connectivity index (χ4n) is 2.56. The van der Waals surface area contributed by atoms with E-state index in [0.29, 0.717) is 11.3 Å². The topological polar surface area (TPSA) is 35.5 Å². The standard InChI is InChI=1S/C17H20O3/c1-4-6-13-7-5-8-15-12(2)9-14(10-18)17(16(13)15)20-11-19-3/h5,7-10H,4,6,11H2,1-3H3. The SMILES string of the molecule is CCCc1cccc2c(C)cc(C=O)c(OCOC)c12. The second-order valence-electron chi connectivity index (χ2n) is 4.87. The molecule has 0 amide bonds. The minimum Gasteiger partial charge on any atom is -0.466 e. The van der Waals surface area contributed by atoms with E-state index in [4.69, 9.17) is 9.47 Å². The van der Waals surface area contributed by atoms with Crippen LogP contribution in [0.3, 0.4) is 0 Å². The molecule has 2 aromatic carbocycles. The maximum atomic E-state index is 11.3. The van der Waals surface area contributed by atoms with E-state index in [0.717, 1.165) is 35.5 Å². The third-order valence-corrected chi connectivity index (χ3v) is 3.40. The smallest absolute Gasteiger partial charge is 0.188 e. The van der Waals surface area contributed by atoms with Crippen molar-refractivity contribution < 1.29 is 14.3 Å². The van der Waals surface area contributed by atoms with Crippen LogP contribution in [-0.4, -0.2) is 20.2 Å². The molecule has 0 saturated heterocycles. The minimum atomic E-state index is 0.138. The van der Waals surface area contributed by atoms with Crippen LogP contribution in [0.1, 0.15) is 34.8 Å². The predicted octanol–water partition coefficient (Wildman–Crippen LogP) is 3.90. The summed E-state index contributed by atoms with van der Waals surface area (Å²) in [4.78, 5) is 11.3. The number of aldehydes is 1. The Hall–Kier alpha value is -1.87. The highest BCUT2D eigenvalue weighted by Gasteiger charge is 2.14. The molecule has 0 atom stereocenters. The van der Waals surface area contributed by atoms with Gasteiger partial charge in [-0.15, -0.1) is 0 Å². The Labute approximate surface area is 119 Å². The van der Waals surface area contributed by atoms with Crippen molar-refractivity contribution in [2.45, 2.75) is 26.7 Å². The molecule has 0 heterocycles. The number of rotatable bonds is 6. The molecule has 0 aliphatic carbocycles. The monoisotopic (exact) mass is 272 g/mol. The van der Waals surface area contributed by atoms with Gasteiger partial charge in [0.05, 0.1) is 5.56 Å². The van der Waals surface area contributed by atoms with Crippen LogP contribution in [0.15, 0.2) is 24.3 Å². The van der Waals surface area contributed by atoms with Crippen LogP contribution < -0.4 is 4.74 Å². The molecule has 0 aliphatic rings. The largest absolute Gasteiger partial charge is 0.466 e. The van der Waals surface area contributed by atoms with E-state index in [1.807, 2.05) is 13.0 Å². The summed E-state index contributed by atoms with van der Waals surface area (Å²) in [5.41, 5.74) is 2.88. The van der Waals surface area contributed by atoms with Crippen LogP contribution >= 0.6 is 0 Å². The third-order valence-electron chi connectivity index (χ3n) is 3.40. The molecular weight excluding hydrogens is 252 g/mol. The van der Waals surface area contributed by atoms with Gasteiger partial charge in [0.1, 0.15) is 5.75 Å². The van der Waals surface area contributed by atoms with E-state index < -0.39 is 0 Å². The van der Waals surface area contributed by atoms with Gasteiger partial charge in [0.15, 0.2) is 13.1 Å². The summed E-state index contributed by atoms with van der Waals surface area (Å²) in [5, 5.41) is 2.17. The minimum absolute atomic E-state index is 0.138. The molecule has 3 heteroatoms. The van der Waals surface area contributed by atoms with Gasteiger partial charge in [-0.3, -0.25) is 4.79 Å². The normalized spacial score (nSPS) is 10.8. The molecule has 0 aromatic heterocycles. The summed E-state index contributed by atoms with van der Waals surface area (Å²) in [6, 6.07) is 8.09. The molecular formula is C17H20O3.